The zero-order chi connectivity index (χ0) is 11.1. The van der Waals surface area contributed by atoms with Crippen LogP contribution in [0.15, 0.2) is 6.20 Å². The molecule has 0 N–H and O–H groups in total. The Labute approximate surface area is 89.7 Å². The highest BCUT2D eigenvalue weighted by molar-refractivity contribution is 5.80. The van der Waals surface area contributed by atoms with Gasteiger partial charge in [0.2, 0.25) is 0 Å². The normalized spacial score (nSPS) is 25.5. The van der Waals surface area contributed by atoms with Gasteiger partial charge in [0.15, 0.2) is 0 Å². The second kappa shape index (κ2) is 3.43. The molecule has 0 amide bonds. The molecular formula is C11H17N3O. The van der Waals surface area contributed by atoms with Gasteiger partial charge in [-0.15, -0.1) is 0 Å². The van der Waals surface area contributed by atoms with Crippen molar-refractivity contribution in [2.45, 2.75) is 39.0 Å². The Kier molecular flexibility index (Phi) is 2.37. The fraction of sp³-hybridized carbons (Fsp3) is 0.727. The number of carbonyl (C=O) groups excluding carboxylic acids is 1. The smallest absolute Gasteiger partial charge is 0.133 e. The molecule has 0 aliphatic heterocycles. The van der Waals surface area contributed by atoms with E-state index in [4.69, 9.17) is 0 Å². The van der Waals surface area contributed by atoms with Crippen molar-refractivity contribution in [2.75, 3.05) is 0 Å². The lowest BCUT2D eigenvalue weighted by Crippen LogP contribution is -2.30. The lowest BCUT2D eigenvalue weighted by atomic mass is 9.67. The van der Waals surface area contributed by atoms with E-state index in [2.05, 4.69) is 24.0 Å². The largest absolute Gasteiger partial charge is 0.300 e. The van der Waals surface area contributed by atoms with Gasteiger partial charge in [-0.1, -0.05) is 13.8 Å². The van der Waals surface area contributed by atoms with E-state index in [9.17, 15) is 4.79 Å². The monoisotopic (exact) mass is 207 g/mol. The predicted octanol–water partition coefficient (Wildman–Crippen LogP) is 1.68. The zero-order valence-corrected chi connectivity index (χ0v) is 9.53. The van der Waals surface area contributed by atoms with Gasteiger partial charge in [-0.05, 0) is 11.8 Å². The van der Waals surface area contributed by atoms with Crippen LogP contribution in [-0.4, -0.2) is 20.8 Å². The van der Waals surface area contributed by atoms with Crippen molar-refractivity contribution in [1.29, 1.82) is 0 Å². The molecule has 1 aromatic heterocycles. The third-order valence-corrected chi connectivity index (χ3v) is 3.40. The third kappa shape index (κ3) is 1.94. The quantitative estimate of drug-likeness (QED) is 0.704. The number of aryl methyl sites for hydroxylation is 1. The molecule has 15 heavy (non-hydrogen) atoms. The number of ketones is 1. The van der Waals surface area contributed by atoms with Crippen LogP contribution in [0.1, 0.15) is 44.7 Å². The average molecular weight is 207 g/mol. The third-order valence-electron chi connectivity index (χ3n) is 3.40. The number of carbonyl (C=O) groups is 1. The van der Waals surface area contributed by atoms with E-state index in [0.717, 1.165) is 12.1 Å². The van der Waals surface area contributed by atoms with Gasteiger partial charge in [0.05, 0.1) is 11.9 Å². The van der Waals surface area contributed by atoms with Crippen LogP contribution in [0.25, 0.3) is 0 Å². The maximum absolute atomic E-state index is 11.5. The summed E-state index contributed by atoms with van der Waals surface area (Å²) in [6, 6.07) is 0. The van der Waals surface area contributed by atoms with E-state index < -0.39 is 0 Å². The van der Waals surface area contributed by atoms with Gasteiger partial charge >= 0.3 is 0 Å². The van der Waals surface area contributed by atoms with Crippen molar-refractivity contribution in [3.05, 3.63) is 11.9 Å². The Morgan fingerprint density at radius 3 is 2.87 bits per heavy atom. The molecular weight excluding hydrogens is 190 g/mol. The van der Waals surface area contributed by atoms with Gasteiger partial charge in [0.1, 0.15) is 5.78 Å². The summed E-state index contributed by atoms with van der Waals surface area (Å²) in [6.07, 6.45) is 4.06. The summed E-state index contributed by atoms with van der Waals surface area (Å²) in [5.74, 6) is 0.581. The predicted molar refractivity (Wildman–Crippen MR) is 56.4 cm³/mol. The molecule has 0 bridgehead atoms. The maximum Gasteiger partial charge on any atom is 0.133 e. The van der Waals surface area contributed by atoms with Crippen LogP contribution in [0.5, 0.6) is 0 Å². The first-order chi connectivity index (χ1) is 6.99. The summed E-state index contributed by atoms with van der Waals surface area (Å²) >= 11 is 0. The van der Waals surface area contributed by atoms with E-state index in [1.54, 1.807) is 18.0 Å². The first-order valence-electron chi connectivity index (χ1n) is 5.37. The van der Waals surface area contributed by atoms with Crippen LogP contribution in [0.4, 0.5) is 0 Å². The van der Waals surface area contributed by atoms with Crippen molar-refractivity contribution in [3.8, 4) is 0 Å². The molecule has 2 rings (SSSR count). The zero-order valence-electron chi connectivity index (χ0n) is 9.53. The van der Waals surface area contributed by atoms with E-state index >= 15 is 0 Å². The fourth-order valence-corrected chi connectivity index (χ4v) is 2.27. The molecule has 1 heterocycles. The maximum atomic E-state index is 11.5. The van der Waals surface area contributed by atoms with Gasteiger partial charge in [0, 0.05) is 25.8 Å². The van der Waals surface area contributed by atoms with Crippen molar-refractivity contribution >= 4 is 5.78 Å². The summed E-state index contributed by atoms with van der Waals surface area (Å²) in [5.41, 5.74) is 1.11. The number of hydrogen-bond donors (Lipinski definition) is 0. The second-order valence-electron chi connectivity index (χ2n) is 5.04. The van der Waals surface area contributed by atoms with Crippen LogP contribution >= 0.6 is 0 Å². The van der Waals surface area contributed by atoms with Crippen LogP contribution in [-0.2, 0) is 11.8 Å². The minimum Gasteiger partial charge on any atom is -0.300 e. The minimum absolute atomic E-state index is 0.157. The SMILES string of the molecule is Cn1ncc(C2CC(=O)CCC2(C)C)n1. The molecule has 0 spiro atoms. The molecule has 1 atom stereocenters. The topological polar surface area (TPSA) is 47.8 Å². The summed E-state index contributed by atoms with van der Waals surface area (Å²) in [5, 5.41) is 8.39. The number of nitrogens with zero attached hydrogens (tertiary/aromatic N) is 3. The van der Waals surface area contributed by atoms with Gasteiger partial charge in [-0.2, -0.15) is 15.0 Å². The first-order valence-corrected chi connectivity index (χ1v) is 5.37. The highest BCUT2D eigenvalue weighted by atomic mass is 16.1. The molecule has 1 saturated carbocycles. The number of aromatic nitrogens is 3. The molecule has 4 heteroatoms. The summed E-state index contributed by atoms with van der Waals surface area (Å²) < 4.78 is 0. The highest BCUT2D eigenvalue weighted by Crippen LogP contribution is 2.44. The van der Waals surface area contributed by atoms with E-state index in [0.29, 0.717) is 18.6 Å². The molecule has 4 nitrogen and oxygen atoms in total. The van der Waals surface area contributed by atoms with Crippen molar-refractivity contribution in [2.24, 2.45) is 12.5 Å². The minimum atomic E-state index is 0.157. The Hall–Kier alpha value is -1.19. The standard InChI is InChI=1S/C11H17N3O/c1-11(2)5-4-8(15)6-9(11)10-7-12-14(3)13-10/h7,9H,4-6H2,1-3H3. The number of Topliss-reactive ketones (excluding diaryl/α,β-unsaturated/α-hetero) is 1. The van der Waals surface area contributed by atoms with E-state index in [1.807, 2.05) is 0 Å². The van der Waals surface area contributed by atoms with Gasteiger partial charge in [0.25, 0.3) is 0 Å². The summed E-state index contributed by atoms with van der Waals surface area (Å²) in [4.78, 5) is 13.0. The number of hydrogen-bond acceptors (Lipinski definition) is 3. The molecule has 0 radical (unpaired) electrons. The van der Waals surface area contributed by atoms with Gasteiger partial charge in [-0.25, -0.2) is 0 Å². The van der Waals surface area contributed by atoms with Crippen LogP contribution in [0.3, 0.4) is 0 Å². The summed E-state index contributed by atoms with van der Waals surface area (Å²) in [7, 11) is 1.81. The lowest BCUT2D eigenvalue weighted by molar-refractivity contribution is -0.122. The van der Waals surface area contributed by atoms with Crippen molar-refractivity contribution in [1.82, 2.24) is 15.0 Å². The van der Waals surface area contributed by atoms with E-state index in [-0.39, 0.29) is 11.3 Å². The van der Waals surface area contributed by atoms with Crippen molar-refractivity contribution in [3.63, 3.8) is 0 Å². The van der Waals surface area contributed by atoms with E-state index in [1.165, 1.54) is 0 Å². The molecule has 1 aromatic rings. The molecule has 1 fully saturated rings. The van der Waals surface area contributed by atoms with Gasteiger partial charge < -0.3 is 0 Å². The fourth-order valence-electron chi connectivity index (χ4n) is 2.27. The Bertz CT molecular complexity index is 381. The van der Waals surface area contributed by atoms with Crippen LogP contribution < -0.4 is 0 Å². The lowest BCUT2D eigenvalue weighted by Gasteiger charge is -2.36. The Balaban J connectivity index is 2.29. The molecule has 1 aliphatic rings. The van der Waals surface area contributed by atoms with Crippen LogP contribution in [0, 0.1) is 5.41 Å². The second-order valence-corrected chi connectivity index (χ2v) is 5.04. The molecule has 0 aromatic carbocycles. The summed E-state index contributed by atoms with van der Waals surface area (Å²) in [6.45, 7) is 4.41. The van der Waals surface area contributed by atoms with Crippen molar-refractivity contribution < 1.29 is 4.79 Å². The molecule has 1 unspecified atom stereocenters. The molecule has 82 valence electrons. The molecule has 0 saturated heterocycles. The van der Waals surface area contributed by atoms with Gasteiger partial charge in [-0.3, -0.25) is 4.79 Å². The number of rotatable bonds is 1. The highest BCUT2D eigenvalue weighted by Gasteiger charge is 2.38. The first kappa shape index (κ1) is 10.3. The Morgan fingerprint density at radius 2 is 2.27 bits per heavy atom. The average Bonchev–Trinajstić information content (AvgIpc) is 2.56. The van der Waals surface area contributed by atoms with Crippen LogP contribution in [0.2, 0.25) is 0 Å². The Morgan fingerprint density at radius 1 is 1.53 bits per heavy atom. The molecule has 1 aliphatic carbocycles.